The van der Waals surface area contributed by atoms with Gasteiger partial charge >= 0.3 is 0 Å². The Balaban J connectivity index is 3.01. The molecule has 0 aromatic heterocycles. The van der Waals surface area contributed by atoms with Gasteiger partial charge in [0.05, 0.1) is 12.5 Å². The molecule has 2 nitrogen and oxygen atoms in total. The van der Waals surface area contributed by atoms with E-state index in [0.717, 1.165) is 6.07 Å². The molecule has 1 aromatic rings. The first-order chi connectivity index (χ1) is 5.24. The van der Waals surface area contributed by atoms with Crippen molar-refractivity contribution in [3.05, 3.63) is 29.6 Å². The molecular formula is C8H6FNO. The van der Waals surface area contributed by atoms with Gasteiger partial charge in [-0.1, -0.05) is 6.07 Å². The van der Waals surface area contributed by atoms with Gasteiger partial charge in [0.15, 0.2) is 0 Å². The van der Waals surface area contributed by atoms with Crippen molar-refractivity contribution in [2.75, 3.05) is 0 Å². The van der Waals surface area contributed by atoms with Crippen molar-refractivity contribution in [1.29, 1.82) is 5.26 Å². The summed E-state index contributed by atoms with van der Waals surface area (Å²) < 4.78 is 12.7. The van der Waals surface area contributed by atoms with Gasteiger partial charge in [-0.25, -0.2) is 4.39 Å². The van der Waals surface area contributed by atoms with Crippen LogP contribution in [0.4, 0.5) is 4.39 Å². The highest BCUT2D eigenvalue weighted by Gasteiger charge is 2.00. The number of aromatic hydroxyl groups is 1. The predicted molar refractivity (Wildman–Crippen MR) is 37.4 cm³/mol. The Morgan fingerprint density at radius 1 is 1.55 bits per heavy atom. The van der Waals surface area contributed by atoms with Gasteiger partial charge < -0.3 is 5.11 Å². The van der Waals surface area contributed by atoms with Crippen molar-refractivity contribution >= 4 is 0 Å². The minimum atomic E-state index is -0.536. The molecule has 0 atom stereocenters. The van der Waals surface area contributed by atoms with Gasteiger partial charge in [-0.05, 0) is 6.07 Å². The number of rotatable bonds is 1. The fraction of sp³-hybridized carbons (Fsp3) is 0.125. The zero-order valence-electron chi connectivity index (χ0n) is 5.71. The fourth-order valence-electron chi connectivity index (χ4n) is 0.765. The van der Waals surface area contributed by atoms with Crippen LogP contribution >= 0.6 is 0 Å². The van der Waals surface area contributed by atoms with Crippen LogP contribution in [-0.4, -0.2) is 5.11 Å². The molecule has 0 heterocycles. The lowest BCUT2D eigenvalue weighted by Gasteiger charge is -1.96. The summed E-state index contributed by atoms with van der Waals surface area (Å²) in [4.78, 5) is 0. The molecular weight excluding hydrogens is 145 g/mol. The number of hydrogen-bond donors (Lipinski definition) is 1. The van der Waals surface area contributed by atoms with Crippen LogP contribution in [0.15, 0.2) is 18.2 Å². The van der Waals surface area contributed by atoms with Gasteiger partial charge in [0, 0.05) is 11.6 Å². The number of phenols is 1. The molecule has 0 fully saturated rings. The van der Waals surface area contributed by atoms with Crippen LogP contribution in [0.3, 0.4) is 0 Å². The van der Waals surface area contributed by atoms with Crippen LogP contribution in [0.2, 0.25) is 0 Å². The molecule has 0 radical (unpaired) electrons. The van der Waals surface area contributed by atoms with Gasteiger partial charge in [0.2, 0.25) is 0 Å². The fourth-order valence-corrected chi connectivity index (χ4v) is 0.765. The molecule has 0 saturated heterocycles. The standard InChI is InChI=1S/C8H6FNO/c9-8-5-7(11)2-1-6(8)3-4-10/h1-2,5,11H,3H2. The van der Waals surface area contributed by atoms with E-state index in [-0.39, 0.29) is 12.2 Å². The molecule has 0 amide bonds. The Hall–Kier alpha value is -1.56. The third-order valence-corrected chi connectivity index (χ3v) is 1.31. The number of nitriles is 1. The van der Waals surface area contributed by atoms with Gasteiger partial charge in [0.25, 0.3) is 0 Å². The predicted octanol–water partition coefficient (Wildman–Crippen LogP) is 1.60. The summed E-state index contributed by atoms with van der Waals surface area (Å²) in [6.07, 6.45) is 0.0338. The molecule has 56 valence electrons. The zero-order valence-corrected chi connectivity index (χ0v) is 5.71. The molecule has 1 aromatic carbocycles. The third-order valence-electron chi connectivity index (χ3n) is 1.31. The Kier molecular flexibility index (Phi) is 2.07. The van der Waals surface area contributed by atoms with Crippen molar-refractivity contribution < 1.29 is 9.50 Å². The molecule has 0 aliphatic rings. The largest absolute Gasteiger partial charge is 0.508 e. The minimum absolute atomic E-state index is 0.0338. The Morgan fingerprint density at radius 3 is 2.82 bits per heavy atom. The highest BCUT2D eigenvalue weighted by atomic mass is 19.1. The molecule has 0 aliphatic heterocycles. The van der Waals surface area contributed by atoms with E-state index >= 15 is 0 Å². The zero-order chi connectivity index (χ0) is 8.27. The van der Waals surface area contributed by atoms with Gasteiger partial charge in [-0.3, -0.25) is 0 Å². The lowest BCUT2D eigenvalue weighted by molar-refractivity contribution is 0.468. The summed E-state index contributed by atoms with van der Waals surface area (Å²) in [5, 5.41) is 17.0. The molecule has 1 N–H and O–H groups in total. The number of hydrogen-bond acceptors (Lipinski definition) is 2. The van der Waals surface area contributed by atoms with Crippen LogP contribution in [0.1, 0.15) is 5.56 Å². The summed E-state index contributed by atoms with van der Waals surface area (Å²) in [5.74, 6) is -0.657. The van der Waals surface area contributed by atoms with Crippen LogP contribution in [0, 0.1) is 17.1 Å². The molecule has 0 aliphatic carbocycles. The number of benzene rings is 1. The summed E-state index contributed by atoms with van der Waals surface area (Å²) in [6.45, 7) is 0. The molecule has 0 unspecified atom stereocenters. The SMILES string of the molecule is N#CCc1ccc(O)cc1F. The summed E-state index contributed by atoms with van der Waals surface area (Å²) in [5.41, 5.74) is 0.310. The number of halogens is 1. The first kappa shape index (κ1) is 7.55. The highest BCUT2D eigenvalue weighted by molar-refractivity contribution is 5.29. The van der Waals surface area contributed by atoms with Crippen molar-refractivity contribution in [1.82, 2.24) is 0 Å². The molecule has 0 saturated carbocycles. The van der Waals surface area contributed by atoms with Crippen LogP contribution in [-0.2, 0) is 6.42 Å². The molecule has 0 spiro atoms. The number of phenolic OH excluding ortho intramolecular Hbond substituents is 1. The van der Waals surface area contributed by atoms with E-state index in [1.165, 1.54) is 12.1 Å². The minimum Gasteiger partial charge on any atom is -0.508 e. The topological polar surface area (TPSA) is 44.0 Å². The van der Waals surface area contributed by atoms with Crippen molar-refractivity contribution in [2.45, 2.75) is 6.42 Å². The maximum atomic E-state index is 12.7. The summed E-state index contributed by atoms with van der Waals surface area (Å²) >= 11 is 0. The lowest BCUT2D eigenvalue weighted by Crippen LogP contribution is -1.86. The van der Waals surface area contributed by atoms with E-state index in [9.17, 15) is 4.39 Å². The lowest BCUT2D eigenvalue weighted by atomic mass is 10.1. The van der Waals surface area contributed by atoms with Gasteiger partial charge in [0.1, 0.15) is 11.6 Å². The van der Waals surface area contributed by atoms with Crippen LogP contribution in [0.5, 0.6) is 5.75 Å². The second-order valence-electron chi connectivity index (χ2n) is 2.11. The van der Waals surface area contributed by atoms with Crippen molar-refractivity contribution in [2.24, 2.45) is 0 Å². The Labute approximate surface area is 63.5 Å². The first-order valence-corrected chi connectivity index (χ1v) is 3.08. The second kappa shape index (κ2) is 3.02. The quantitative estimate of drug-likeness (QED) is 0.662. The average molecular weight is 151 g/mol. The molecule has 11 heavy (non-hydrogen) atoms. The molecule has 3 heteroatoms. The van der Waals surface area contributed by atoms with Crippen molar-refractivity contribution in [3.8, 4) is 11.8 Å². The van der Waals surface area contributed by atoms with Crippen LogP contribution < -0.4 is 0 Å². The normalized spacial score (nSPS) is 9.09. The van der Waals surface area contributed by atoms with E-state index < -0.39 is 5.82 Å². The van der Waals surface area contributed by atoms with E-state index in [1.54, 1.807) is 0 Å². The van der Waals surface area contributed by atoms with E-state index in [2.05, 4.69) is 0 Å². The molecule has 1 rings (SSSR count). The van der Waals surface area contributed by atoms with Gasteiger partial charge in [-0.2, -0.15) is 5.26 Å². The summed E-state index contributed by atoms with van der Waals surface area (Å²) in [7, 11) is 0. The van der Waals surface area contributed by atoms with E-state index in [4.69, 9.17) is 10.4 Å². The van der Waals surface area contributed by atoms with E-state index in [0.29, 0.717) is 5.56 Å². The third kappa shape index (κ3) is 1.68. The monoisotopic (exact) mass is 151 g/mol. The summed E-state index contributed by atoms with van der Waals surface area (Å²) in [6, 6.07) is 5.57. The molecule has 0 bridgehead atoms. The second-order valence-corrected chi connectivity index (χ2v) is 2.11. The smallest absolute Gasteiger partial charge is 0.131 e. The maximum absolute atomic E-state index is 12.7. The first-order valence-electron chi connectivity index (χ1n) is 3.08. The van der Waals surface area contributed by atoms with E-state index in [1.807, 2.05) is 6.07 Å². The van der Waals surface area contributed by atoms with Crippen molar-refractivity contribution in [3.63, 3.8) is 0 Å². The Morgan fingerprint density at radius 2 is 2.27 bits per heavy atom. The highest BCUT2D eigenvalue weighted by Crippen LogP contribution is 2.14. The Bertz CT molecular complexity index is 303. The average Bonchev–Trinajstić information content (AvgIpc) is 1.95. The van der Waals surface area contributed by atoms with Gasteiger partial charge in [-0.15, -0.1) is 0 Å². The number of nitrogens with zero attached hydrogens (tertiary/aromatic N) is 1. The maximum Gasteiger partial charge on any atom is 0.131 e. The van der Waals surface area contributed by atoms with Crippen LogP contribution in [0.25, 0.3) is 0 Å².